The summed E-state index contributed by atoms with van der Waals surface area (Å²) < 4.78 is 7.62. The summed E-state index contributed by atoms with van der Waals surface area (Å²) in [5.41, 5.74) is 8.14. The molecule has 2 aromatic heterocycles. The first-order valence-electron chi connectivity index (χ1n) is 6.62. The van der Waals surface area contributed by atoms with Crippen LogP contribution in [0.4, 0.5) is 5.69 Å². The van der Waals surface area contributed by atoms with E-state index in [4.69, 9.17) is 10.5 Å². The maximum atomic E-state index is 5.71. The molecule has 2 heterocycles. The quantitative estimate of drug-likeness (QED) is 0.739. The number of benzene rings is 1. The molecule has 1 aromatic carbocycles. The van der Waals surface area contributed by atoms with Crippen molar-refractivity contribution in [3.63, 3.8) is 0 Å². The Morgan fingerprint density at radius 2 is 1.95 bits per heavy atom. The van der Waals surface area contributed by atoms with Crippen LogP contribution in [0.25, 0.3) is 17.0 Å². The average Bonchev–Trinajstić information content (AvgIpc) is 2.90. The maximum Gasteiger partial charge on any atom is 0.203 e. The van der Waals surface area contributed by atoms with Crippen molar-refractivity contribution in [3.05, 3.63) is 42.6 Å². The zero-order valence-electron chi connectivity index (χ0n) is 11.3. The van der Waals surface area contributed by atoms with E-state index in [1.807, 2.05) is 47.0 Å². The zero-order valence-corrected chi connectivity index (χ0v) is 11.3. The van der Waals surface area contributed by atoms with E-state index >= 15 is 0 Å². The summed E-state index contributed by atoms with van der Waals surface area (Å²) in [7, 11) is 0. The van der Waals surface area contributed by atoms with E-state index in [0.717, 1.165) is 34.9 Å². The number of fused-ring (bicyclic) bond motifs is 1. The Bertz CT molecular complexity index is 718. The zero-order chi connectivity index (χ0) is 13.9. The normalized spacial score (nSPS) is 10.8. The van der Waals surface area contributed by atoms with E-state index in [2.05, 4.69) is 17.1 Å². The molecule has 0 aliphatic rings. The van der Waals surface area contributed by atoms with Crippen LogP contribution in [-0.4, -0.2) is 21.2 Å². The van der Waals surface area contributed by atoms with Gasteiger partial charge in [0.25, 0.3) is 0 Å². The van der Waals surface area contributed by atoms with Crippen molar-refractivity contribution in [2.75, 3.05) is 12.3 Å². The van der Waals surface area contributed by atoms with Crippen LogP contribution in [0.5, 0.6) is 5.75 Å². The molecule has 2 N–H and O–H groups in total. The van der Waals surface area contributed by atoms with Crippen LogP contribution in [0.15, 0.2) is 42.6 Å². The summed E-state index contributed by atoms with van der Waals surface area (Å²) in [6.07, 6.45) is 2.89. The Balaban J connectivity index is 2.07. The smallest absolute Gasteiger partial charge is 0.203 e. The van der Waals surface area contributed by atoms with Crippen LogP contribution < -0.4 is 10.5 Å². The van der Waals surface area contributed by atoms with Crippen molar-refractivity contribution in [2.24, 2.45) is 0 Å². The Hall–Kier alpha value is -2.56. The predicted octanol–water partition coefficient (Wildman–Crippen LogP) is 2.77. The van der Waals surface area contributed by atoms with Gasteiger partial charge in [0.05, 0.1) is 6.61 Å². The number of ether oxygens (including phenoxy) is 1. The second-order valence-electron chi connectivity index (χ2n) is 4.56. The molecule has 0 bridgehead atoms. The number of pyridine rings is 1. The molecule has 5 nitrogen and oxygen atoms in total. The van der Waals surface area contributed by atoms with Crippen molar-refractivity contribution in [1.29, 1.82) is 0 Å². The fraction of sp³-hybridized carbons (Fsp3) is 0.200. The Kier molecular flexibility index (Phi) is 3.25. The molecule has 0 atom stereocenters. The largest absolute Gasteiger partial charge is 0.490 e. The van der Waals surface area contributed by atoms with Crippen LogP contribution in [-0.2, 0) is 0 Å². The first-order valence-corrected chi connectivity index (χ1v) is 6.62. The Labute approximate surface area is 117 Å². The SMILES string of the molecule is CCCOc1cccn2c(-c3ccc(N)cc3)nnc12. The van der Waals surface area contributed by atoms with Crippen molar-refractivity contribution < 1.29 is 4.74 Å². The number of hydrogen-bond acceptors (Lipinski definition) is 4. The van der Waals surface area contributed by atoms with Crippen LogP contribution in [0.1, 0.15) is 13.3 Å². The lowest BCUT2D eigenvalue weighted by Gasteiger charge is -2.06. The number of anilines is 1. The molecule has 0 saturated heterocycles. The maximum absolute atomic E-state index is 5.71. The first kappa shape index (κ1) is 12.5. The van der Waals surface area contributed by atoms with Gasteiger partial charge in [-0.15, -0.1) is 10.2 Å². The van der Waals surface area contributed by atoms with Gasteiger partial charge in [-0.05, 0) is 42.8 Å². The molecular weight excluding hydrogens is 252 g/mol. The lowest BCUT2D eigenvalue weighted by Crippen LogP contribution is -1.98. The lowest BCUT2D eigenvalue weighted by molar-refractivity contribution is 0.319. The van der Waals surface area contributed by atoms with Gasteiger partial charge < -0.3 is 10.5 Å². The summed E-state index contributed by atoms with van der Waals surface area (Å²) in [5.74, 6) is 1.53. The van der Waals surface area contributed by atoms with Crippen molar-refractivity contribution in [2.45, 2.75) is 13.3 Å². The fourth-order valence-corrected chi connectivity index (χ4v) is 2.05. The Morgan fingerprint density at radius 1 is 1.15 bits per heavy atom. The standard InChI is InChI=1S/C15H16N4O/c1-2-10-20-13-4-3-9-19-14(17-18-15(13)19)11-5-7-12(16)8-6-11/h3-9H,2,10,16H2,1H3. The number of nitrogens with zero attached hydrogens (tertiary/aromatic N) is 3. The molecular formula is C15H16N4O. The van der Waals surface area contributed by atoms with Crippen molar-refractivity contribution in [1.82, 2.24) is 14.6 Å². The molecule has 0 fully saturated rings. The molecule has 0 radical (unpaired) electrons. The molecule has 102 valence electrons. The molecule has 20 heavy (non-hydrogen) atoms. The third-order valence-electron chi connectivity index (χ3n) is 3.03. The summed E-state index contributed by atoms with van der Waals surface area (Å²) in [5, 5.41) is 8.48. The highest BCUT2D eigenvalue weighted by atomic mass is 16.5. The van der Waals surface area contributed by atoms with Gasteiger partial charge in [-0.1, -0.05) is 6.92 Å². The van der Waals surface area contributed by atoms with Crippen LogP contribution in [0.2, 0.25) is 0 Å². The molecule has 5 heteroatoms. The summed E-state index contributed by atoms with van der Waals surface area (Å²) in [6, 6.07) is 11.4. The molecule has 0 saturated carbocycles. The molecule has 0 unspecified atom stereocenters. The molecule has 0 amide bonds. The predicted molar refractivity (Wildman–Crippen MR) is 78.6 cm³/mol. The number of rotatable bonds is 4. The second-order valence-corrected chi connectivity index (χ2v) is 4.56. The Morgan fingerprint density at radius 3 is 2.70 bits per heavy atom. The van der Waals surface area contributed by atoms with Gasteiger partial charge in [0, 0.05) is 17.4 Å². The van der Waals surface area contributed by atoms with E-state index in [1.165, 1.54) is 0 Å². The number of hydrogen-bond donors (Lipinski definition) is 1. The number of nitrogen functional groups attached to an aromatic ring is 1. The van der Waals surface area contributed by atoms with E-state index in [0.29, 0.717) is 6.61 Å². The second kappa shape index (κ2) is 5.21. The highest BCUT2D eigenvalue weighted by Gasteiger charge is 2.11. The van der Waals surface area contributed by atoms with Gasteiger partial charge >= 0.3 is 0 Å². The topological polar surface area (TPSA) is 65.4 Å². The molecule has 3 rings (SSSR count). The van der Waals surface area contributed by atoms with E-state index in [-0.39, 0.29) is 0 Å². The summed E-state index contributed by atoms with van der Waals surface area (Å²) in [4.78, 5) is 0. The summed E-state index contributed by atoms with van der Waals surface area (Å²) >= 11 is 0. The van der Waals surface area contributed by atoms with Crippen LogP contribution in [0, 0.1) is 0 Å². The van der Waals surface area contributed by atoms with Crippen LogP contribution in [0.3, 0.4) is 0 Å². The lowest BCUT2D eigenvalue weighted by atomic mass is 10.2. The van der Waals surface area contributed by atoms with E-state index in [1.54, 1.807) is 0 Å². The van der Waals surface area contributed by atoms with Gasteiger partial charge in [-0.25, -0.2) is 0 Å². The number of nitrogens with two attached hydrogens (primary N) is 1. The highest BCUT2D eigenvalue weighted by molar-refractivity contribution is 5.64. The van der Waals surface area contributed by atoms with Gasteiger partial charge in [-0.3, -0.25) is 4.40 Å². The third-order valence-corrected chi connectivity index (χ3v) is 3.03. The first-order chi connectivity index (χ1) is 9.79. The highest BCUT2D eigenvalue weighted by Crippen LogP contribution is 2.24. The van der Waals surface area contributed by atoms with Crippen LogP contribution >= 0.6 is 0 Å². The van der Waals surface area contributed by atoms with Gasteiger partial charge in [0.15, 0.2) is 11.6 Å². The monoisotopic (exact) mass is 268 g/mol. The van der Waals surface area contributed by atoms with Crippen molar-refractivity contribution in [3.8, 4) is 17.1 Å². The fourth-order valence-electron chi connectivity index (χ4n) is 2.05. The minimum absolute atomic E-state index is 0.670. The molecule has 0 aliphatic carbocycles. The van der Waals surface area contributed by atoms with Gasteiger partial charge in [0.2, 0.25) is 5.65 Å². The minimum Gasteiger partial charge on any atom is -0.490 e. The van der Waals surface area contributed by atoms with Gasteiger partial charge in [-0.2, -0.15) is 0 Å². The van der Waals surface area contributed by atoms with E-state index < -0.39 is 0 Å². The third kappa shape index (κ3) is 2.18. The van der Waals surface area contributed by atoms with Crippen molar-refractivity contribution >= 4 is 11.3 Å². The minimum atomic E-state index is 0.670. The summed E-state index contributed by atoms with van der Waals surface area (Å²) in [6.45, 7) is 2.74. The van der Waals surface area contributed by atoms with Gasteiger partial charge in [0.1, 0.15) is 0 Å². The molecule has 0 aliphatic heterocycles. The van der Waals surface area contributed by atoms with E-state index in [9.17, 15) is 0 Å². The number of aromatic nitrogens is 3. The molecule has 0 spiro atoms. The average molecular weight is 268 g/mol. The molecule has 3 aromatic rings.